The highest BCUT2D eigenvalue weighted by Crippen LogP contribution is 2.30. The van der Waals surface area contributed by atoms with E-state index in [4.69, 9.17) is 0 Å². The molecule has 0 aliphatic carbocycles. The molecule has 3 rings (SSSR count). The lowest BCUT2D eigenvalue weighted by atomic mass is 10.3. The summed E-state index contributed by atoms with van der Waals surface area (Å²) in [5, 5.41) is 2.41. The van der Waals surface area contributed by atoms with Crippen LogP contribution in [0.15, 0.2) is 53.7 Å². The van der Waals surface area contributed by atoms with Crippen LogP contribution >= 0.6 is 11.8 Å². The number of carbonyl (C=O) groups is 1. The van der Waals surface area contributed by atoms with Crippen molar-refractivity contribution in [3.8, 4) is 5.75 Å². The number of hydrogen-bond acceptors (Lipinski definition) is 4. The summed E-state index contributed by atoms with van der Waals surface area (Å²) in [4.78, 5) is 16.2. The molecule has 0 unspecified atom stereocenters. The lowest BCUT2D eigenvalue weighted by Gasteiger charge is -2.11. The molecule has 5 nitrogen and oxygen atoms in total. The number of nitrogens with one attached hydrogen (secondary N) is 1. The van der Waals surface area contributed by atoms with Crippen LogP contribution in [0.1, 0.15) is 6.55 Å². The van der Waals surface area contributed by atoms with Crippen molar-refractivity contribution in [3.63, 3.8) is 0 Å². The third-order valence-electron chi connectivity index (χ3n) is 3.47. The number of anilines is 1. The van der Waals surface area contributed by atoms with Gasteiger partial charge in [0.15, 0.2) is 5.16 Å². The smallest absolute Gasteiger partial charge is 0.387 e. The lowest BCUT2D eigenvalue weighted by molar-refractivity contribution is -0.113. The Hall–Kier alpha value is -2.75. The van der Waals surface area contributed by atoms with E-state index in [1.54, 1.807) is 18.2 Å². The molecule has 10 heteroatoms. The number of benzene rings is 2. The van der Waals surface area contributed by atoms with Gasteiger partial charge in [-0.1, -0.05) is 36.0 Å². The molecule has 0 saturated carbocycles. The highest BCUT2D eigenvalue weighted by Gasteiger charge is 2.19. The predicted octanol–water partition coefficient (Wildman–Crippen LogP) is 4.76. The SMILES string of the molecule is O=C(CSc1nc2ccccc2n1C(F)F)Nc1ccccc1OC(F)F. The van der Waals surface area contributed by atoms with E-state index in [0.29, 0.717) is 5.52 Å². The third-order valence-corrected chi connectivity index (χ3v) is 4.42. The van der Waals surface area contributed by atoms with Crippen LogP contribution in [0.25, 0.3) is 11.0 Å². The zero-order valence-electron chi connectivity index (χ0n) is 13.6. The number of amides is 1. The van der Waals surface area contributed by atoms with Crippen molar-refractivity contribution in [2.45, 2.75) is 18.3 Å². The monoisotopic (exact) mass is 399 g/mol. The van der Waals surface area contributed by atoms with E-state index in [2.05, 4.69) is 15.0 Å². The number of alkyl halides is 4. The molecule has 2 aromatic carbocycles. The van der Waals surface area contributed by atoms with Gasteiger partial charge in [-0.3, -0.25) is 9.36 Å². The molecule has 3 aromatic rings. The van der Waals surface area contributed by atoms with Gasteiger partial charge >= 0.3 is 13.2 Å². The Morgan fingerprint density at radius 1 is 1.11 bits per heavy atom. The van der Waals surface area contributed by atoms with Crippen molar-refractivity contribution in [1.29, 1.82) is 0 Å². The van der Waals surface area contributed by atoms with Crippen molar-refractivity contribution in [1.82, 2.24) is 9.55 Å². The van der Waals surface area contributed by atoms with Gasteiger partial charge in [-0.25, -0.2) is 4.98 Å². The van der Waals surface area contributed by atoms with E-state index >= 15 is 0 Å². The molecule has 0 spiro atoms. The molecule has 27 heavy (non-hydrogen) atoms. The Labute approximate surface area is 155 Å². The number of thioether (sulfide) groups is 1. The van der Waals surface area contributed by atoms with Crippen molar-refractivity contribution < 1.29 is 27.1 Å². The van der Waals surface area contributed by atoms with Crippen LogP contribution in [-0.4, -0.2) is 27.8 Å². The van der Waals surface area contributed by atoms with Crippen LogP contribution in [0.3, 0.4) is 0 Å². The second-order valence-electron chi connectivity index (χ2n) is 5.24. The fraction of sp³-hybridized carbons (Fsp3) is 0.176. The molecular weight excluding hydrogens is 386 g/mol. The van der Waals surface area contributed by atoms with E-state index in [9.17, 15) is 22.4 Å². The summed E-state index contributed by atoms with van der Waals surface area (Å²) in [5.41, 5.74) is 0.702. The average Bonchev–Trinajstić information content (AvgIpc) is 3.00. The van der Waals surface area contributed by atoms with E-state index in [1.807, 2.05) is 0 Å². The minimum atomic E-state index is -3.04. The first-order valence-electron chi connectivity index (χ1n) is 7.67. The van der Waals surface area contributed by atoms with Crippen LogP contribution in [-0.2, 0) is 4.79 Å². The highest BCUT2D eigenvalue weighted by molar-refractivity contribution is 7.99. The van der Waals surface area contributed by atoms with Crippen LogP contribution < -0.4 is 10.1 Å². The average molecular weight is 399 g/mol. The molecule has 0 saturated heterocycles. The molecule has 0 aliphatic heterocycles. The molecule has 1 aromatic heterocycles. The maximum absolute atomic E-state index is 13.4. The number of fused-ring (bicyclic) bond motifs is 1. The Bertz CT molecular complexity index is 949. The number of halogens is 4. The van der Waals surface area contributed by atoms with Gasteiger partial charge in [-0.05, 0) is 24.3 Å². The first-order chi connectivity index (χ1) is 13.0. The Morgan fingerprint density at radius 3 is 2.56 bits per heavy atom. The number of carbonyl (C=O) groups excluding carboxylic acids is 1. The van der Waals surface area contributed by atoms with Gasteiger partial charge in [-0.2, -0.15) is 17.6 Å². The fourth-order valence-electron chi connectivity index (χ4n) is 2.40. The molecule has 0 aliphatic rings. The number of para-hydroxylation sites is 4. The molecule has 1 amide bonds. The number of aromatic nitrogens is 2. The van der Waals surface area contributed by atoms with E-state index < -0.39 is 19.1 Å². The van der Waals surface area contributed by atoms with Gasteiger partial charge < -0.3 is 10.1 Å². The van der Waals surface area contributed by atoms with Gasteiger partial charge in [0.1, 0.15) is 5.75 Å². The number of ether oxygens (including phenoxy) is 1. The molecule has 1 heterocycles. The van der Waals surface area contributed by atoms with Gasteiger partial charge in [0, 0.05) is 0 Å². The van der Waals surface area contributed by atoms with Crippen molar-refractivity contribution in [2.75, 3.05) is 11.1 Å². The van der Waals surface area contributed by atoms with E-state index in [0.717, 1.165) is 16.3 Å². The molecule has 1 N–H and O–H groups in total. The summed E-state index contributed by atoms with van der Waals surface area (Å²) in [6.07, 6.45) is 0. The molecule has 142 valence electrons. The second kappa shape index (κ2) is 8.30. The first kappa shape index (κ1) is 19.0. The number of hydrogen-bond donors (Lipinski definition) is 1. The van der Waals surface area contributed by atoms with Gasteiger partial charge in [0.25, 0.3) is 0 Å². The highest BCUT2D eigenvalue weighted by atomic mass is 32.2. The van der Waals surface area contributed by atoms with Crippen molar-refractivity contribution in [3.05, 3.63) is 48.5 Å². The normalized spacial score (nSPS) is 11.3. The fourth-order valence-corrected chi connectivity index (χ4v) is 3.21. The number of nitrogens with zero attached hydrogens (tertiary/aromatic N) is 2. The van der Waals surface area contributed by atoms with E-state index in [-0.39, 0.29) is 27.9 Å². The summed E-state index contributed by atoms with van der Waals surface area (Å²) in [5.74, 6) is -0.997. The van der Waals surface area contributed by atoms with Crippen LogP contribution in [0.2, 0.25) is 0 Å². The predicted molar refractivity (Wildman–Crippen MR) is 93.4 cm³/mol. The maximum atomic E-state index is 13.4. The Kier molecular flexibility index (Phi) is 5.84. The summed E-state index contributed by atoms with van der Waals surface area (Å²) in [6.45, 7) is -5.86. The van der Waals surface area contributed by atoms with Crippen LogP contribution in [0.5, 0.6) is 5.75 Å². The zero-order valence-corrected chi connectivity index (χ0v) is 14.4. The van der Waals surface area contributed by atoms with Crippen molar-refractivity contribution >= 4 is 34.4 Å². The Morgan fingerprint density at radius 2 is 1.81 bits per heavy atom. The molecular formula is C17H13F4N3O2S. The van der Waals surface area contributed by atoms with Crippen molar-refractivity contribution in [2.24, 2.45) is 0 Å². The first-order valence-corrected chi connectivity index (χ1v) is 8.66. The summed E-state index contributed by atoms with van der Waals surface area (Å²) in [6, 6.07) is 12.1. The third kappa shape index (κ3) is 4.51. The van der Waals surface area contributed by atoms with Crippen LogP contribution in [0.4, 0.5) is 23.2 Å². The lowest BCUT2D eigenvalue weighted by Crippen LogP contribution is -2.16. The maximum Gasteiger partial charge on any atom is 0.387 e. The second-order valence-corrected chi connectivity index (χ2v) is 6.18. The van der Waals surface area contributed by atoms with Gasteiger partial charge in [0.2, 0.25) is 5.91 Å². The Balaban J connectivity index is 1.72. The number of rotatable bonds is 7. The minimum absolute atomic E-state index is 0.0153. The van der Waals surface area contributed by atoms with Gasteiger partial charge in [-0.15, -0.1) is 0 Å². The summed E-state index contributed by atoms with van der Waals surface area (Å²) >= 11 is 0.819. The molecule has 0 fully saturated rings. The summed E-state index contributed by atoms with van der Waals surface area (Å²) in [7, 11) is 0. The minimum Gasteiger partial charge on any atom is -0.433 e. The standard InChI is InChI=1S/C17H13F4N3O2S/c18-15(19)24-12-7-3-1-5-10(12)23-17(24)27-9-14(25)22-11-6-2-4-8-13(11)26-16(20)21/h1-8,15-16H,9H2,(H,22,25). The van der Waals surface area contributed by atoms with E-state index in [1.165, 1.54) is 30.3 Å². The number of imidazole rings is 1. The molecule has 0 atom stereocenters. The quantitative estimate of drug-likeness (QED) is 0.460. The van der Waals surface area contributed by atoms with Gasteiger partial charge in [0.05, 0.1) is 22.5 Å². The molecule has 0 bridgehead atoms. The largest absolute Gasteiger partial charge is 0.433 e. The molecule has 0 radical (unpaired) electrons. The zero-order chi connectivity index (χ0) is 19.4. The summed E-state index contributed by atoms with van der Waals surface area (Å²) < 4.78 is 56.6. The topological polar surface area (TPSA) is 56.2 Å². The van der Waals surface area contributed by atoms with Crippen LogP contribution in [0, 0.1) is 0 Å².